The lowest BCUT2D eigenvalue weighted by molar-refractivity contribution is 0.193. The molecule has 3 N–H and O–H groups in total. The molecule has 0 aromatic heterocycles. The van der Waals surface area contributed by atoms with E-state index in [0.29, 0.717) is 34.9 Å². The Hall–Kier alpha value is -1.46. The highest BCUT2D eigenvalue weighted by molar-refractivity contribution is 6.32. The maximum atomic E-state index is 10.5. The molecule has 5 nitrogen and oxygen atoms in total. The minimum Gasteiger partial charge on any atom is -0.491 e. The van der Waals surface area contributed by atoms with Gasteiger partial charge in [0.25, 0.3) is 0 Å². The van der Waals surface area contributed by atoms with Gasteiger partial charge < -0.3 is 20.3 Å². The third kappa shape index (κ3) is 2.30. The van der Waals surface area contributed by atoms with Crippen LogP contribution in [-0.4, -0.2) is 22.9 Å². The summed E-state index contributed by atoms with van der Waals surface area (Å²) in [5, 5.41) is 20.7. The Morgan fingerprint density at radius 2 is 2.35 bits per heavy atom. The number of aliphatic hydroxyl groups is 1. The summed E-state index contributed by atoms with van der Waals surface area (Å²) in [6.07, 6.45) is -0.423. The zero-order valence-corrected chi connectivity index (χ0v) is 9.75. The lowest BCUT2D eigenvalue weighted by Gasteiger charge is -2.13. The molecule has 1 aromatic rings. The predicted octanol–water partition coefficient (Wildman–Crippen LogP) is 1.53. The fourth-order valence-corrected chi connectivity index (χ4v) is 2.28. The minimum atomic E-state index is -1.11. The Morgan fingerprint density at radius 3 is 3.00 bits per heavy atom. The number of hydrogen-bond acceptors (Lipinski definition) is 3. The van der Waals surface area contributed by atoms with Gasteiger partial charge in [-0.3, -0.25) is 0 Å². The van der Waals surface area contributed by atoms with E-state index in [2.05, 4.69) is 5.32 Å². The molecule has 0 radical (unpaired) electrons. The normalized spacial score (nSPS) is 13.1. The zero-order chi connectivity index (χ0) is 12.4. The largest absolute Gasteiger partial charge is 0.491 e. The van der Waals surface area contributed by atoms with Gasteiger partial charge in [-0.2, -0.15) is 0 Å². The van der Waals surface area contributed by atoms with Crippen molar-refractivity contribution >= 4 is 17.7 Å². The first-order chi connectivity index (χ1) is 8.13. The number of carboxylic acid groups (broad SMARTS) is 1. The number of aliphatic hydroxyl groups excluding tert-OH is 1. The number of fused-ring (bicyclic) bond motifs is 1. The molecule has 1 aliphatic rings. The highest BCUT2D eigenvalue weighted by Crippen LogP contribution is 2.37. The second-order valence-corrected chi connectivity index (χ2v) is 4.13. The number of halogens is 1. The van der Waals surface area contributed by atoms with Gasteiger partial charge in [0, 0.05) is 18.5 Å². The number of hydrogen-bond donors (Lipinski definition) is 3. The summed E-state index contributed by atoms with van der Waals surface area (Å²) in [6.45, 7) is 0.510. The molecule has 1 amide bonds. The van der Waals surface area contributed by atoms with Crippen LogP contribution < -0.4 is 10.1 Å². The first-order valence-electron chi connectivity index (χ1n) is 5.17. The average molecular weight is 258 g/mol. The molecule has 1 heterocycles. The van der Waals surface area contributed by atoms with Crippen LogP contribution in [0.4, 0.5) is 4.79 Å². The standard InChI is InChI=1S/C11H12ClNO4/c12-9-3-6(4-13-11(15)16)8(5-14)7-1-2-17-10(7)9/h3,13-14H,1-2,4-5H2,(H,15,16). The van der Waals surface area contributed by atoms with Crippen molar-refractivity contribution in [1.29, 1.82) is 0 Å². The first kappa shape index (κ1) is 12.0. The van der Waals surface area contributed by atoms with Crippen LogP contribution in [0.1, 0.15) is 16.7 Å². The van der Waals surface area contributed by atoms with Crippen molar-refractivity contribution in [2.45, 2.75) is 19.6 Å². The molecule has 92 valence electrons. The summed E-state index contributed by atoms with van der Waals surface area (Å²) in [4.78, 5) is 10.5. The topological polar surface area (TPSA) is 78.8 Å². The van der Waals surface area contributed by atoms with Crippen LogP contribution >= 0.6 is 11.6 Å². The number of nitrogens with one attached hydrogen (secondary N) is 1. The quantitative estimate of drug-likeness (QED) is 0.767. The van der Waals surface area contributed by atoms with Crippen LogP contribution in [0.2, 0.25) is 5.02 Å². The molecule has 2 rings (SSSR count). The molecule has 0 atom stereocenters. The van der Waals surface area contributed by atoms with Crippen molar-refractivity contribution in [3.05, 3.63) is 27.8 Å². The molecule has 0 saturated heterocycles. The van der Waals surface area contributed by atoms with E-state index in [-0.39, 0.29) is 13.2 Å². The molecule has 1 aromatic carbocycles. The predicted molar refractivity (Wildman–Crippen MR) is 61.4 cm³/mol. The van der Waals surface area contributed by atoms with E-state index in [1.807, 2.05) is 0 Å². The maximum absolute atomic E-state index is 10.5. The maximum Gasteiger partial charge on any atom is 0.404 e. The Morgan fingerprint density at radius 1 is 1.59 bits per heavy atom. The smallest absolute Gasteiger partial charge is 0.404 e. The van der Waals surface area contributed by atoms with Crippen molar-refractivity contribution in [3.63, 3.8) is 0 Å². The van der Waals surface area contributed by atoms with Gasteiger partial charge in [0.05, 0.1) is 18.2 Å². The van der Waals surface area contributed by atoms with Gasteiger partial charge in [0.2, 0.25) is 0 Å². The van der Waals surface area contributed by atoms with Gasteiger partial charge in [0.1, 0.15) is 5.75 Å². The summed E-state index contributed by atoms with van der Waals surface area (Å²) in [5.74, 6) is 0.606. The van der Waals surface area contributed by atoms with Crippen LogP contribution in [0.25, 0.3) is 0 Å². The lowest BCUT2D eigenvalue weighted by atomic mass is 9.99. The first-order valence-corrected chi connectivity index (χ1v) is 5.55. The van der Waals surface area contributed by atoms with Gasteiger partial charge in [-0.1, -0.05) is 11.6 Å². The van der Waals surface area contributed by atoms with Crippen molar-refractivity contribution in [1.82, 2.24) is 5.32 Å². The Kier molecular flexibility index (Phi) is 3.40. The van der Waals surface area contributed by atoms with E-state index in [1.54, 1.807) is 6.07 Å². The van der Waals surface area contributed by atoms with Crippen molar-refractivity contribution in [2.24, 2.45) is 0 Å². The summed E-state index contributed by atoms with van der Waals surface area (Å²) >= 11 is 6.04. The number of rotatable bonds is 3. The summed E-state index contributed by atoms with van der Waals surface area (Å²) in [6, 6.07) is 1.63. The van der Waals surface area contributed by atoms with E-state index >= 15 is 0 Å². The molecule has 6 heteroatoms. The Balaban J connectivity index is 2.38. The van der Waals surface area contributed by atoms with Crippen LogP contribution in [0.3, 0.4) is 0 Å². The molecule has 1 aliphatic heterocycles. The van der Waals surface area contributed by atoms with Crippen molar-refractivity contribution in [2.75, 3.05) is 6.61 Å². The minimum absolute atomic E-state index is 0.123. The molecule has 0 spiro atoms. The molecule has 0 unspecified atom stereocenters. The van der Waals surface area contributed by atoms with E-state index < -0.39 is 6.09 Å². The fourth-order valence-electron chi connectivity index (χ4n) is 1.98. The average Bonchev–Trinajstić information content (AvgIpc) is 2.76. The number of carbonyl (C=O) groups is 1. The highest BCUT2D eigenvalue weighted by Gasteiger charge is 2.22. The second-order valence-electron chi connectivity index (χ2n) is 3.72. The van der Waals surface area contributed by atoms with Crippen molar-refractivity contribution < 1.29 is 19.7 Å². The van der Waals surface area contributed by atoms with Crippen LogP contribution in [0.15, 0.2) is 6.07 Å². The summed E-state index contributed by atoms with van der Waals surface area (Å²) < 4.78 is 5.37. The summed E-state index contributed by atoms with van der Waals surface area (Å²) in [7, 11) is 0. The molecule has 0 fully saturated rings. The van der Waals surface area contributed by atoms with Gasteiger partial charge in [0.15, 0.2) is 0 Å². The van der Waals surface area contributed by atoms with Crippen LogP contribution in [-0.2, 0) is 19.6 Å². The summed E-state index contributed by atoms with van der Waals surface area (Å²) in [5.41, 5.74) is 2.27. The Bertz CT molecular complexity index is 461. The SMILES string of the molecule is O=C(O)NCc1cc(Cl)c2c(c1CO)CCO2. The van der Waals surface area contributed by atoms with Crippen LogP contribution in [0, 0.1) is 0 Å². The molecular weight excluding hydrogens is 246 g/mol. The van der Waals surface area contributed by atoms with E-state index in [0.717, 1.165) is 5.56 Å². The van der Waals surface area contributed by atoms with Crippen molar-refractivity contribution in [3.8, 4) is 5.75 Å². The molecular formula is C11H12ClNO4. The monoisotopic (exact) mass is 257 g/mol. The molecule has 17 heavy (non-hydrogen) atoms. The fraction of sp³-hybridized carbons (Fsp3) is 0.364. The zero-order valence-electron chi connectivity index (χ0n) is 8.99. The third-order valence-corrected chi connectivity index (χ3v) is 3.01. The van der Waals surface area contributed by atoms with Gasteiger partial charge in [-0.15, -0.1) is 0 Å². The second kappa shape index (κ2) is 4.81. The van der Waals surface area contributed by atoms with E-state index in [1.165, 1.54) is 0 Å². The Labute approximate surface area is 103 Å². The number of amides is 1. The van der Waals surface area contributed by atoms with E-state index in [9.17, 15) is 9.90 Å². The molecule has 0 saturated carbocycles. The highest BCUT2D eigenvalue weighted by atomic mass is 35.5. The molecule has 0 aliphatic carbocycles. The number of benzene rings is 1. The number of ether oxygens (including phenoxy) is 1. The molecule has 0 bridgehead atoms. The van der Waals surface area contributed by atoms with Gasteiger partial charge in [-0.05, 0) is 17.2 Å². The van der Waals surface area contributed by atoms with E-state index in [4.69, 9.17) is 21.4 Å². The lowest BCUT2D eigenvalue weighted by Crippen LogP contribution is -2.21. The van der Waals surface area contributed by atoms with Gasteiger partial charge in [-0.25, -0.2) is 4.79 Å². The van der Waals surface area contributed by atoms with Gasteiger partial charge >= 0.3 is 6.09 Å². The third-order valence-electron chi connectivity index (χ3n) is 2.73. The van der Waals surface area contributed by atoms with Crippen LogP contribution in [0.5, 0.6) is 5.75 Å².